The van der Waals surface area contributed by atoms with E-state index >= 15 is 0 Å². The average Bonchev–Trinajstić information content (AvgIpc) is 2.38. The van der Waals surface area contributed by atoms with E-state index in [1.54, 1.807) is 7.05 Å². The van der Waals surface area contributed by atoms with Crippen molar-refractivity contribution in [2.45, 2.75) is 38.3 Å². The summed E-state index contributed by atoms with van der Waals surface area (Å²) in [6, 6.07) is 8.58. The molecule has 1 aromatic carbocycles. The molecule has 0 spiro atoms. The van der Waals surface area contributed by atoms with Gasteiger partial charge < -0.3 is 15.4 Å². The molecule has 1 fully saturated rings. The van der Waals surface area contributed by atoms with Gasteiger partial charge in [0.1, 0.15) is 0 Å². The Kier molecular flexibility index (Phi) is 4.80. The summed E-state index contributed by atoms with van der Waals surface area (Å²) in [6.45, 7) is 2.83. The van der Waals surface area contributed by atoms with E-state index in [0.717, 1.165) is 30.7 Å². The Morgan fingerprint density at radius 1 is 1.32 bits per heavy atom. The fourth-order valence-electron chi connectivity index (χ4n) is 2.28. The van der Waals surface area contributed by atoms with Gasteiger partial charge in [-0.1, -0.05) is 12.1 Å². The maximum absolute atomic E-state index is 11.3. The first-order valence-corrected chi connectivity index (χ1v) is 6.89. The van der Waals surface area contributed by atoms with Crippen LogP contribution in [-0.4, -0.2) is 31.7 Å². The SMILES string of the molecule is CCOC1CC(Nc2ccc(CC(=O)NC)cc2)C1. The van der Waals surface area contributed by atoms with Crippen LogP contribution < -0.4 is 10.6 Å². The van der Waals surface area contributed by atoms with Gasteiger partial charge in [0, 0.05) is 25.4 Å². The van der Waals surface area contributed by atoms with E-state index in [4.69, 9.17) is 4.74 Å². The molecule has 0 aliphatic heterocycles. The fraction of sp³-hybridized carbons (Fsp3) is 0.533. The summed E-state index contributed by atoms with van der Waals surface area (Å²) in [5.41, 5.74) is 2.14. The molecule has 4 heteroatoms. The first kappa shape index (κ1) is 13.9. The van der Waals surface area contributed by atoms with E-state index in [-0.39, 0.29) is 5.91 Å². The van der Waals surface area contributed by atoms with Crippen LogP contribution in [0.15, 0.2) is 24.3 Å². The number of amides is 1. The highest BCUT2D eigenvalue weighted by atomic mass is 16.5. The number of nitrogens with one attached hydrogen (secondary N) is 2. The van der Waals surface area contributed by atoms with Gasteiger partial charge in [-0.25, -0.2) is 0 Å². The van der Waals surface area contributed by atoms with Gasteiger partial charge in [-0.2, -0.15) is 0 Å². The molecule has 0 atom stereocenters. The average molecular weight is 262 g/mol. The van der Waals surface area contributed by atoms with Gasteiger partial charge in [-0.05, 0) is 37.5 Å². The third-order valence-electron chi connectivity index (χ3n) is 3.47. The Morgan fingerprint density at radius 3 is 2.58 bits per heavy atom. The van der Waals surface area contributed by atoms with E-state index in [2.05, 4.69) is 10.6 Å². The Bertz CT molecular complexity index is 411. The third-order valence-corrected chi connectivity index (χ3v) is 3.47. The number of benzene rings is 1. The second kappa shape index (κ2) is 6.57. The summed E-state index contributed by atoms with van der Waals surface area (Å²) in [4.78, 5) is 11.3. The van der Waals surface area contributed by atoms with Gasteiger partial charge in [0.2, 0.25) is 5.91 Å². The Labute approximate surface area is 114 Å². The van der Waals surface area contributed by atoms with Crippen molar-refractivity contribution >= 4 is 11.6 Å². The summed E-state index contributed by atoms with van der Waals surface area (Å²) in [7, 11) is 1.66. The predicted molar refractivity (Wildman–Crippen MR) is 76.3 cm³/mol. The fourth-order valence-corrected chi connectivity index (χ4v) is 2.28. The smallest absolute Gasteiger partial charge is 0.224 e. The quantitative estimate of drug-likeness (QED) is 0.824. The number of likely N-dealkylation sites (N-methyl/N-ethyl adjacent to an activating group) is 1. The zero-order valence-corrected chi connectivity index (χ0v) is 11.6. The number of hydrogen-bond acceptors (Lipinski definition) is 3. The normalized spacial score (nSPS) is 21.6. The van der Waals surface area contributed by atoms with Crippen molar-refractivity contribution in [3.63, 3.8) is 0 Å². The molecule has 1 aliphatic rings. The lowest BCUT2D eigenvalue weighted by Gasteiger charge is -2.36. The first-order valence-electron chi connectivity index (χ1n) is 6.89. The number of carbonyl (C=O) groups excluding carboxylic acids is 1. The zero-order chi connectivity index (χ0) is 13.7. The zero-order valence-electron chi connectivity index (χ0n) is 11.6. The van der Waals surface area contributed by atoms with Crippen LogP contribution >= 0.6 is 0 Å². The van der Waals surface area contributed by atoms with Gasteiger partial charge >= 0.3 is 0 Å². The van der Waals surface area contributed by atoms with Gasteiger partial charge in [0.15, 0.2) is 0 Å². The van der Waals surface area contributed by atoms with Crippen LogP contribution in [0.25, 0.3) is 0 Å². The molecule has 0 aromatic heterocycles. The largest absolute Gasteiger partial charge is 0.382 e. The highest BCUT2D eigenvalue weighted by molar-refractivity contribution is 5.78. The summed E-state index contributed by atoms with van der Waals surface area (Å²) < 4.78 is 5.54. The molecule has 1 saturated carbocycles. The number of carbonyl (C=O) groups is 1. The number of anilines is 1. The molecule has 2 N–H and O–H groups in total. The second-order valence-corrected chi connectivity index (χ2v) is 4.94. The summed E-state index contributed by atoms with van der Waals surface area (Å²) in [6.07, 6.45) is 3.02. The molecule has 0 heterocycles. The third kappa shape index (κ3) is 3.96. The lowest BCUT2D eigenvalue weighted by Crippen LogP contribution is -2.40. The van der Waals surface area contributed by atoms with Crippen LogP contribution in [0, 0.1) is 0 Å². The number of rotatable bonds is 6. The van der Waals surface area contributed by atoms with Crippen molar-refractivity contribution in [3.05, 3.63) is 29.8 Å². The molecular weight excluding hydrogens is 240 g/mol. The Hall–Kier alpha value is -1.55. The topological polar surface area (TPSA) is 50.4 Å². The molecule has 1 amide bonds. The van der Waals surface area contributed by atoms with Crippen LogP contribution in [0.1, 0.15) is 25.3 Å². The van der Waals surface area contributed by atoms with E-state index in [9.17, 15) is 4.79 Å². The standard InChI is InChI=1S/C15H22N2O2/c1-3-19-14-9-13(10-14)17-12-6-4-11(5-7-12)8-15(18)16-2/h4-7,13-14,17H,3,8-10H2,1-2H3,(H,16,18). The molecule has 0 unspecified atom stereocenters. The maximum atomic E-state index is 11.3. The van der Waals surface area contributed by atoms with Crippen molar-refractivity contribution in [2.75, 3.05) is 19.0 Å². The molecule has 0 bridgehead atoms. The van der Waals surface area contributed by atoms with Crippen LogP contribution in [-0.2, 0) is 16.0 Å². The molecule has 0 saturated heterocycles. The highest BCUT2D eigenvalue weighted by Gasteiger charge is 2.29. The molecule has 2 rings (SSSR count). The van der Waals surface area contributed by atoms with Crippen molar-refractivity contribution < 1.29 is 9.53 Å². The molecular formula is C15H22N2O2. The first-order chi connectivity index (χ1) is 9.21. The van der Waals surface area contributed by atoms with Crippen LogP contribution in [0.5, 0.6) is 0 Å². The highest BCUT2D eigenvalue weighted by Crippen LogP contribution is 2.26. The minimum atomic E-state index is 0.0410. The minimum Gasteiger partial charge on any atom is -0.382 e. The van der Waals surface area contributed by atoms with Crippen molar-refractivity contribution in [1.82, 2.24) is 5.32 Å². The van der Waals surface area contributed by atoms with Gasteiger partial charge in [0.25, 0.3) is 0 Å². The van der Waals surface area contributed by atoms with E-state index in [1.807, 2.05) is 31.2 Å². The van der Waals surface area contributed by atoms with Gasteiger partial charge in [0.05, 0.1) is 12.5 Å². The molecule has 104 valence electrons. The number of ether oxygens (including phenoxy) is 1. The van der Waals surface area contributed by atoms with Crippen LogP contribution in [0.4, 0.5) is 5.69 Å². The molecule has 19 heavy (non-hydrogen) atoms. The van der Waals surface area contributed by atoms with E-state index in [1.165, 1.54) is 0 Å². The number of hydrogen-bond donors (Lipinski definition) is 2. The van der Waals surface area contributed by atoms with Gasteiger partial charge in [-0.3, -0.25) is 4.79 Å². The molecule has 1 aliphatic carbocycles. The lowest BCUT2D eigenvalue weighted by molar-refractivity contribution is -0.119. The second-order valence-electron chi connectivity index (χ2n) is 4.94. The predicted octanol–water partition coefficient (Wildman–Crippen LogP) is 1.95. The summed E-state index contributed by atoms with van der Waals surface area (Å²) in [5.74, 6) is 0.0410. The van der Waals surface area contributed by atoms with Crippen molar-refractivity contribution in [2.24, 2.45) is 0 Å². The maximum Gasteiger partial charge on any atom is 0.224 e. The van der Waals surface area contributed by atoms with Crippen LogP contribution in [0.3, 0.4) is 0 Å². The summed E-state index contributed by atoms with van der Waals surface area (Å²) in [5, 5.41) is 6.11. The molecule has 1 aromatic rings. The van der Waals surface area contributed by atoms with Gasteiger partial charge in [-0.15, -0.1) is 0 Å². The van der Waals surface area contributed by atoms with Crippen molar-refractivity contribution in [3.8, 4) is 0 Å². The molecule has 4 nitrogen and oxygen atoms in total. The van der Waals surface area contributed by atoms with Crippen LogP contribution in [0.2, 0.25) is 0 Å². The van der Waals surface area contributed by atoms with E-state index in [0.29, 0.717) is 18.6 Å². The molecule has 0 radical (unpaired) electrons. The Balaban J connectivity index is 1.78. The Morgan fingerprint density at radius 2 is 2.00 bits per heavy atom. The van der Waals surface area contributed by atoms with Crippen molar-refractivity contribution in [1.29, 1.82) is 0 Å². The lowest BCUT2D eigenvalue weighted by atomic mass is 9.89. The van der Waals surface area contributed by atoms with E-state index < -0.39 is 0 Å². The monoisotopic (exact) mass is 262 g/mol. The minimum absolute atomic E-state index is 0.0410. The summed E-state index contributed by atoms with van der Waals surface area (Å²) >= 11 is 0.